The van der Waals surface area contributed by atoms with Crippen LogP contribution in [-0.2, 0) is 9.53 Å². The van der Waals surface area contributed by atoms with Crippen molar-refractivity contribution in [1.82, 2.24) is 4.90 Å². The number of methoxy groups -OCH3 is 1. The topological polar surface area (TPSA) is 48.0 Å². The highest BCUT2D eigenvalue weighted by molar-refractivity contribution is 5.78. The van der Waals surface area contributed by atoms with E-state index in [1.807, 2.05) is 36.1 Å². The summed E-state index contributed by atoms with van der Waals surface area (Å²) >= 11 is 0. The molecule has 22 heavy (non-hydrogen) atoms. The summed E-state index contributed by atoms with van der Waals surface area (Å²) in [5, 5.41) is 0. The summed E-state index contributed by atoms with van der Waals surface area (Å²) in [7, 11) is 1.70. The molecule has 2 rings (SSSR count). The molecule has 1 amide bonds. The number of hydrogen-bond acceptors (Lipinski definition) is 4. The molecule has 0 radical (unpaired) electrons. The first kappa shape index (κ1) is 16.6. The molecule has 0 saturated carbocycles. The Morgan fingerprint density at radius 2 is 2.00 bits per heavy atom. The summed E-state index contributed by atoms with van der Waals surface area (Å²) in [6.07, 6.45) is 2.14. The minimum atomic E-state index is 0.0205. The van der Waals surface area contributed by atoms with Gasteiger partial charge < -0.3 is 19.1 Å². The molecule has 1 aromatic rings. The van der Waals surface area contributed by atoms with Crippen molar-refractivity contribution in [3.63, 3.8) is 0 Å². The fraction of sp³-hybridized carbons (Fsp3) is 0.588. The van der Waals surface area contributed by atoms with Crippen molar-refractivity contribution in [3.05, 3.63) is 24.3 Å². The zero-order valence-corrected chi connectivity index (χ0v) is 13.4. The van der Waals surface area contributed by atoms with Crippen LogP contribution in [0.1, 0.15) is 19.8 Å². The third kappa shape index (κ3) is 4.63. The van der Waals surface area contributed by atoms with E-state index < -0.39 is 0 Å². The zero-order chi connectivity index (χ0) is 15.8. The number of rotatable bonds is 7. The van der Waals surface area contributed by atoms with E-state index in [1.165, 1.54) is 0 Å². The van der Waals surface area contributed by atoms with Crippen LogP contribution in [0.5, 0.6) is 11.5 Å². The summed E-state index contributed by atoms with van der Waals surface area (Å²) in [6.45, 7) is 4.80. The van der Waals surface area contributed by atoms with Gasteiger partial charge in [0.1, 0.15) is 0 Å². The molecule has 0 aliphatic carbocycles. The van der Waals surface area contributed by atoms with Gasteiger partial charge in [-0.3, -0.25) is 4.79 Å². The Morgan fingerprint density at radius 3 is 2.68 bits per heavy atom. The second-order valence-electron chi connectivity index (χ2n) is 5.47. The minimum Gasteiger partial charge on any atom is -0.490 e. The number of carbonyl (C=O) groups is 1. The maximum atomic E-state index is 12.3. The molecule has 0 bridgehead atoms. The van der Waals surface area contributed by atoms with Gasteiger partial charge in [-0.1, -0.05) is 12.1 Å². The van der Waals surface area contributed by atoms with E-state index >= 15 is 0 Å². The largest absolute Gasteiger partial charge is 0.490 e. The lowest BCUT2D eigenvalue weighted by molar-refractivity contribution is -0.135. The van der Waals surface area contributed by atoms with Gasteiger partial charge in [-0.15, -0.1) is 0 Å². The molecule has 1 fully saturated rings. The lowest BCUT2D eigenvalue weighted by atomic mass is 9.99. The molecule has 0 N–H and O–H groups in total. The maximum absolute atomic E-state index is 12.3. The highest BCUT2D eigenvalue weighted by Gasteiger charge is 2.24. The normalized spacial score (nSPS) is 18.1. The average molecular weight is 307 g/mol. The van der Waals surface area contributed by atoms with Gasteiger partial charge in [-0.25, -0.2) is 0 Å². The smallest absolute Gasteiger partial charge is 0.260 e. The van der Waals surface area contributed by atoms with Crippen molar-refractivity contribution < 1.29 is 19.0 Å². The number of carbonyl (C=O) groups excluding carboxylic acids is 1. The molecule has 1 aliphatic rings. The second kappa shape index (κ2) is 8.63. The maximum Gasteiger partial charge on any atom is 0.260 e. The van der Waals surface area contributed by atoms with Crippen LogP contribution in [0, 0.1) is 5.92 Å². The second-order valence-corrected chi connectivity index (χ2v) is 5.47. The van der Waals surface area contributed by atoms with E-state index in [2.05, 4.69) is 0 Å². The Labute approximate surface area is 132 Å². The number of amides is 1. The highest BCUT2D eigenvalue weighted by Crippen LogP contribution is 2.26. The number of ether oxygens (including phenoxy) is 3. The van der Waals surface area contributed by atoms with E-state index in [0.29, 0.717) is 30.6 Å². The first-order chi connectivity index (χ1) is 10.7. The SMILES string of the molecule is CCOc1ccccc1OCC(=O)N1CCCC(COC)C1. The lowest BCUT2D eigenvalue weighted by Crippen LogP contribution is -2.43. The number of hydrogen-bond donors (Lipinski definition) is 0. The van der Waals surface area contributed by atoms with Crippen LogP contribution in [0.15, 0.2) is 24.3 Å². The Balaban J connectivity index is 1.87. The number of piperidine rings is 1. The third-order valence-corrected chi connectivity index (χ3v) is 3.77. The number of benzene rings is 1. The van der Waals surface area contributed by atoms with Crippen molar-refractivity contribution in [1.29, 1.82) is 0 Å². The molecule has 1 heterocycles. The van der Waals surface area contributed by atoms with E-state index in [9.17, 15) is 4.79 Å². The van der Waals surface area contributed by atoms with E-state index in [-0.39, 0.29) is 12.5 Å². The summed E-state index contributed by atoms with van der Waals surface area (Å²) in [6, 6.07) is 7.43. The van der Waals surface area contributed by atoms with Crippen molar-refractivity contribution in [2.24, 2.45) is 5.92 Å². The monoisotopic (exact) mass is 307 g/mol. The van der Waals surface area contributed by atoms with Crippen LogP contribution in [0.2, 0.25) is 0 Å². The fourth-order valence-corrected chi connectivity index (χ4v) is 2.74. The predicted octanol–water partition coefficient (Wildman–Crippen LogP) is 2.35. The average Bonchev–Trinajstić information content (AvgIpc) is 2.54. The fourth-order valence-electron chi connectivity index (χ4n) is 2.74. The minimum absolute atomic E-state index is 0.0205. The number of para-hydroxylation sites is 2. The van der Waals surface area contributed by atoms with Crippen LogP contribution in [-0.4, -0.2) is 50.8 Å². The van der Waals surface area contributed by atoms with Gasteiger partial charge >= 0.3 is 0 Å². The van der Waals surface area contributed by atoms with Crippen LogP contribution < -0.4 is 9.47 Å². The zero-order valence-electron chi connectivity index (χ0n) is 13.4. The van der Waals surface area contributed by atoms with Gasteiger partial charge in [0.2, 0.25) is 0 Å². The van der Waals surface area contributed by atoms with Gasteiger partial charge in [0.15, 0.2) is 18.1 Å². The van der Waals surface area contributed by atoms with E-state index in [1.54, 1.807) is 7.11 Å². The molecule has 1 atom stereocenters. The Kier molecular flexibility index (Phi) is 6.52. The number of nitrogens with zero attached hydrogens (tertiary/aromatic N) is 1. The predicted molar refractivity (Wildman–Crippen MR) is 84.3 cm³/mol. The molecule has 1 aliphatic heterocycles. The number of likely N-dealkylation sites (tertiary alicyclic amines) is 1. The third-order valence-electron chi connectivity index (χ3n) is 3.77. The van der Waals surface area contributed by atoms with Crippen molar-refractivity contribution in [2.45, 2.75) is 19.8 Å². The van der Waals surface area contributed by atoms with Gasteiger partial charge in [0.05, 0.1) is 13.2 Å². The lowest BCUT2D eigenvalue weighted by Gasteiger charge is -2.32. The first-order valence-corrected chi connectivity index (χ1v) is 7.86. The molecular formula is C17H25NO4. The standard InChI is InChI=1S/C17H25NO4/c1-3-21-15-8-4-5-9-16(15)22-13-17(19)18-10-6-7-14(11-18)12-20-2/h4-5,8-9,14H,3,6-7,10-13H2,1-2H3. The molecular weight excluding hydrogens is 282 g/mol. The van der Waals surface area contributed by atoms with Crippen molar-refractivity contribution in [3.8, 4) is 11.5 Å². The van der Waals surface area contributed by atoms with Gasteiger partial charge in [-0.2, -0.15) is 0 Å². The van der Waals surface area contributed by atoms with Crippen molar-refractivity contribution >= 4 is 5.91 Å². The molecule has 0 spiro atoms. The van der Waals surface area contributed by atoms with Gasteiger partial charge in [0.25, 0.3) is 5.91 Å². The highest BCUT2D eigenvalue weighted by atomic mass is 16.5. The first-order valence-electron chi connectivity index (χ1n) is 7.86. The summed E-state index contributed by atoms with van der Waals surface area (Å²) < 4.78 is 16.3. The van der Waals surface area contributed by atoms with Crippen LogP contribution in [0.4, 0.5) is 0 Å². The van der Waals surface area contributed by atoms with Crippen LogP contribution in [0.3, 0.4) is 0 Å². The van der Waals surface area contributed by atoms with Crippen LogP contribution in [0.25, 0.3) is 0 Å². The molecule has 1 unspecified atom stereocenters. The summed E-state index contributed by atoms with van der Waals surface area (Å²) in [4.78, 5) is 14.2. The molecule has 1 saturated heterocycles. The molecule has 0 aromatic heterocycles. The quantitative estimate of drug-likeness (QED) is 0.776. The molecule has 122 valence electrons. The Morgan fingerprint density at radius 1 is 1.27 bits per heavy atom. The summed E-state index contributed by atoms with van der Waals surface area (Å²) in [5.74, 6) is 1.74. The van der Waals surface area contributed by atoms with Gasteiger partial charge in [-0.05, 0) is 37.8 Å². The van der Waals surface area contributed by atoms with Gasteiger partial charge in [0, 0.05) is 20.2 Å². The summed E-state index contributed by atoms with van der Waals surface area (Å²) in [5.41, 5.74) is 0. The Bertz CT molecular complexity index is 475. The van der Waals surface area contributed by atoms with Crippen LogP contribution >= 0.6 is 0 Å². The molecule has 5 heteroatoms. The molecule has 5 nitrogen and oxygen atoms in total. The Hall–Kier alpha value is -1.75. The van der Waals surface area contributed by atoms with E-state index in [4.69, 9.17) is 14.2 Å². The van der Waals surface area contributed by atoms with E-state index in [0.717, 1.165) is 25.9 Å². The molecule has 1 aromatic carbocycles. The van der Waals surface area contributed by atoms with Crippen molar-refractivity contribution in [2.75, 3.05) is 40.0 Å².